The molecule has 1 aromatic carbocycles. The molecule has 1 unspecified atom stereocenters. The molecule has 0 radical (unpaired) electrons. The van der Waals surface area contributed by atoms with Gasteiger partial charge in [0, 0.05) is 12.6 Å². The number of benzene rings is 1. The first-order valence-corrected chi connectivity index (χ1v) is 10.4. The highest BCUT2D eigenvalue weighted by atomic mass is 32.2. The second kappa shape index (κ2) is 8.39. The maximum absolute atomic E-state index is 12.9. The topological polar surface area (TPSA) is 29.5 Å². The van der Waals surface area contributed by atoms with Crippen molar-refractivity contribution < 1.29 is 9.53 Å². The maximum atomic E-state index is 12.9. The van der Waals surface area contributed by atoms with E-state index in [1.54, 1.807) is 0 Å². The molecule has 2 saturated heterocycles. The van der Waals surface area contributed by atoms with Crippen molar-refractivity contribution in [3.05, 3.63) is 35.9 Å². The third-order valence-electron chi connectivity index (χ3n) is 5.41. The Balaban J connectivity index is 1.79. The number of esters is 1. The molecule has 4 heteroatoms. The Hall–Kier alpha value is -1.00. The molecule has 1 atom stereocenters. The van der Waals surface area contributed by atoms with Crippen molar-refractivity contribution in [3.8, 4) is 0 Å². The van der Waals surface area contributed by atoms with Crippen LogP contribution in [0.3, 0.4) is 0 Å². The first-order valence-electron chi connectivity index (χ1n) is 9.26. The Morgan fingerprint density at radius 3 is 2.75 bits per heavy atom. The van der Waals surface area contributed by atoms with Crippen LogP contribution in [0.2, 0.25) is 0 Å². The largest absolute Gasteiger partial charge is 0.466 e. The van der Waals surface area contributed by atoms with Crippen LogP contribution in [-0.4, -0.2) is 48.1 Å². The van der Waals surface area contributed by atoms with Gasteiger partial charge in [-0.3, -0.25) is 9.69 Å². The molecule has 1 aromatic rings. The van der Waals surface area contributed by atoms with Gasteiger partial charge in [0.15, 0.2) is 0 Å². The minimum Gasteiger partial charge on any atom is -0.466 e. The molecule has 0 amide bonds. The van der Waals surface area contributed by atoms with Gasteiger partial charge < -0.3 is 4.74 Å². The van der Waals surface area contributed by atoms with Crippen molar-refractivity contribution in [1.82, 2.24) is 4.90 Å². The predicted molar refractivity (Wildman–Crippen MR) is 100 cm³/mol. The average molecular weight is 348 g/mol. The molecule has 3 rings (SSSR count). The fourth-order valence-corrected chi connectivity index (χ4v) is 5.26. The molecule has 0 N–H and O–H groups in total. The van der Waals surface area contributed by atoms with Gasteiger partial charge in [-0.2, -0.15) is 11.8 Å². The number of likely N-dealkylation sites (tertiary alicyclic amines) is 1. The summed E-state index contributed by atoms with van der Waals surface area (Å²) >= 11 is 2.06. The van der Waals surface area contributed by atoms with E-state index in [2.05, 4.69) is 40.9 Å². The van der Waals surface area contributed by atoms with E-state index in [9.17, 15) is 4.79 Å². The summed E-state index contributed by atoms with van der Waals surface area (Å²) in [5, 5.41) is 0. The molecule has 2 aliphatic heterocycles. The van der Waals surface area contributed by atoms with Crippen LogP contribution in [-0.2, 0) is 16.0 Å². The van der Waals surface area contributed by atoms with Crippen LogP contribution in [0.25, 0.3) is 0 Å². The summed E-state index contributed by atoms with van der Waals surface area (Å²) in [7, 11) is 0. The van der Waals surface area contributed by atoms with Gasteiger partial charge in [0.25, 0.3) is 0 Å². The van der Waals surface area contributed by atoms with Gasteiger partial charge in [0.05, 0.1) is 12.0 Å². The predicted octanol–water partition coefficient (Wildman–Crippen LogP) is 3.77. The number of hydrogen-bond donors (Lipinski definition) is 0. The summed E-state index contributed by atoms with van der Waals surface area (Å²) in [5.41, 5.74) is 0.867. The highest BCUT2D eigenvalue weighted by Crippen LogP contribution is 2.37. The van der Waals surface area contributed by atoms with Crippen LogP contribution in [0.1, 0.15) is 38.2 Å². The summed E-state index contributed by atoms with van der Waals surface area (Å²) in [5.74, 6) is 2.52. The molecule has 0 spiro atoms. The molecular formula is C20H29NO2S. The first kappa shape index (κ1) is 17.8. The van der Waals surface area contributed by atoms with E-state index in [1.807, 2.05) is 13.0 Å². The van der Waals surface area contributed by atoms with E-state index in [1.165, 1.54) is 29.9 Å². The van der Waals surface area contributed by atoms with Crippen LogP contribution in [0.5, 0.6) is 0 Å². The average Bonchev–Trinajstić information content (AvgIpc) is 2.64. The van der Waals surface area contributed by atoms with Crippen molar-refractivity contribution in [1.29, 1.82) is 0 Å². The Labute approximate surface area is 150 Å². The van der Waals surface area contributed by atoms with E-state index in [4.69, 9.17) is 4.74 Å². The molecule has 0 aromatic heterocycles. The number of nitrogens with zero attached hydrogens (tertiary/aromatic N) is 1. The lowest BCUT2D eigenvalue weighted by Crippen LogP contribution is -2.53. The Morgan fingerprint density at radius 1 is 1.29 bits per heavy atom. The summed E-state index contributed by atoms with van der Waals surface area (Å²) in [6.45, 7) is 4.36. The molecule has 0 bridgehead atoms. The monoisotopic (exact) mass is 347 g/mol. The van der Waals surface area contributed by atoms with Gasteiger partial charge in [0.2, 0.25) is 0 Å². The molecule has 2 aliphatic rings. The fraction of sp³-hybridized carbons (Fsp3) is 0.650. The van der Waals surface area contributed by atoms with Gasteiger partial charge in [0.1, 0.15) is 0 Å². The molecule has 24 heavy (non-hydrogen) atoms. The van der Waals surface area contributed by atoms with Crippen LogP contribution in [0.4, 0.5) is 0 Å². The van der Waals surface area contributed by atoms with E-state index in [0.29, 0.717) is 12.6 Å². The number of thioether (sulfide) groups is 1. The number of hydrogen-bond acceptors (Lipinski definition) is 4. The second-order valence-electron chi connectivity index (χ2n) is 7.08. The SMILES string of the molecule is CCOC(=O)C1(Cc2ccccc2)CCCN(C2CCSCC2)C1. The summed E-state index contributed by atoms with van der Waals surface area (Å²) < 4.78 is 5.52. The molecule has 3 nitrogen and oxygen atoms in total. The van der Waals surface area contributed by atoms with Gasteiger partial charge in [-0.25, -0.2) is 0 Å². The minimum absolute atomic E-state index is 0.00346. The van der Waals surface area contributed by atoms with Crippen LogP contribution < -0.4 is 0 Å². The lowest BCUT2D eigenvalue weighted by Gasteiger charge is -2.45. The third kappa shape index (κ3) is 4.15. The number of carbonyl (C=O) groups is 1. The quantitative estimate of drug-likeness (QED) is 0.758. The Morgan fingerprint density at radius 2 is 2.04 bits per heavy atom. The standard InChI is InChI=1S/C20H29NO2S/c1-2-23-19(22)20(15-17-7-4-3-5-8-17)11-6-12-21(16-20)18-9-13-24-14-10-18/h3-5,7-8,18H,2,6,9-16H2,1H3. The number of piperidine rings is 1. The van der Waals surface area contributed by atoms with E-state index in [0.717, 1.165) is 32.4 Å². The van der Waals surface area contributed by atoms with Gasteiger partial charge in [-0.1, -0.05) is 30.3 Å². The number of rotatable bonds is 5. The third-order valence-corrected chi connectivity index (χ3v) is 6.46. The fourth-order valence-electron chi connectivity index (χ4n) is 4.18. The summed E-state index contributed by atoms with van der Waals surface area (Å²) in [6.07, 6.45) is 5.35. The van der Waals surface area contributed by atoms with Crippen LogP contribution in [0, 0.1) is 5.41 Å². The molecule has 2 fully saturated rings. The minimum atomic E-state index is -0.375. The highest BCUT2D eigenvalue weighted by Gasteiger charge is 2.44. The first-order chi connectivity index (χ1) is 11.7. The molecule has 0 saturated carbocycles. The lowest BCUT2D eigenvalue weighted by molar-refractivity contribution is -0.159. The highest BCUT2D eigenvalue weighted by molar-refractivity contribution is 7.99. The van der Waals surface area contributed by atoms with Crippen LogP contribution >= 0.6 is 11.8 Å². The van der Waals surface area contributed by atoms with Crippen molar-refractivity contribution in [2.24, 2.45) is 5.41 Å². The molecule has 132 valence electrons. The zero-order chi connectivity index (χ0) is 16.8. The van der Waals surface area contributed by atoms with Crippen molar-refractivity contribution in [2.45, 2.75) is 45.1 Å². The van der Waals surface area contributed by atoms with Crippen molar-refractivity contribution in [2.75, 3.05) is 31.2 Å². The maximum Gasteiger partial charge on any atom is 0.313 e. The zero-order valence-corrected chi connectivity index (χ0v) is 15.5. The number of carbonyl (C=O) groups excluding carboxylic acids is 1. The Bertz CT molecular complexity index is 530. The summed E-state index contributed by atoms with van der Waals surface area (Å²) in [4.78, 5) is 15.5. The normalized spacial score (nSPS) is 26.2. The molecule has 0 aliphatic carbocycles. The van der Waals surface area contributed by atoms with Crippen LogP contribution in [0.15, 0.2) is 30.3 Å². The van der Waals surface area contributed by atoms with Crippen molar-refractivity contribution >= 4 is 17.7 Å². The smallest absolute Gasteiger partial charge is 0.313 e. The molecule has 2 heterocycles. The van der Waals surface area contributed by atoms with E-state index >= 15 is 0 Å². The van der Waals surface area contributed by atoms with Gasteiger partial charge in [-0.05, 0) is 62.6 Å². The van der Waals surface area contributed by atoms with E-state index in [-0.39, 0.29) is 11.4 Å². The second-order valence-corrected chi connectivity index (χ2v) is 8.31. The Kier molecular flexibility index (Phi) is 6.23. The van der Waals surface area contributed by atoms with E-state index < -0.39 is 0 Å². The van der Waals surface area contributed by atoms with Crippen molar-refractivity contribution in [3.63, 3.8) is 0 Å². The summed E-state index contributed by atoms with van der Waals surface area (Å²) in [6, 6.07) is 11.1. The molecular weight excluding hydrogens is 318 g/mol. The number of ether oxygens (including phenoxy) is 1. The van der Waals surface area contributed by atoms with Gasteiger partial charge in [-0.15, -0.1) is 0 Å². The zero-order valence-electron chi connectivity index (χ0n) is 14.7. The van der Waals surface area contributed by atoms with Gasteiger partial charge >= 0.3 is 5.97 Å². The lowest BCUT2D eigenvalue weighted by atomic mass is 9.74.